The summed E-state index contributed by atoms with van der Waals surface area (Å²) in [6.07, 6.45) is 9.27. The van der Waals surface area contributed by atoms with E-state index in [1.165, 1.54) is 37.9 Å². The summed E-state index contributed by atoms with van der Waals surface area (Å²) >= 11 is 0. The summed E-state index contributed by atoms with van der Waals surface area (Å²) in [6, 6.07) is 11.1. The zero-order valence-corrected chi connectivity index (χ0v) is 15.1. The van der Waals surface area contributed by atoms with Crippen LogP contribution in [0, 0.1) is 5.41 Å². The number of likely N-dealkylation sites (N-methyl/N-ethyl adjacent to an activating group) is 1. The summed E-state index contributed by atoms with van der Waals surface area (Å²) in [7, 11) is 0. The van der Waals surface area contributed by atoms with Crippen LogP contribution in [0.15, 0.2) is 48.9 Å². The fourth-order valence-electron chi connectivity index (χ4n) is 4.72. The smallest absolute Gasteiger partial charge is 0.147 e. The molecule has 1 unspecified atom stereocenters. The zero-order chi connectivity index (χ0) is 17.1. The first-order chi connectivity index (χ1) is 12.3. The molecule has 1 aromatic heterocycles. The fraction of sp³-hybridized carbons (Fsp3) is 0.524. The monoisotopic (exact) mass is 336 g/mol. The molecule has 2 fully saturated rings. The van der Waals surface area contributed by atoms with Gasteiger partial charge in [0, 0.05) is 38.6 Å². The molecule has 2 aliphatic rings. The van der Waals surface area contributed by atoms with Gasteiger partial charge < -0.3 is 9.80 Å². The van der Waals surface area contributed by atoms with Gasteiger partial charge in [-0.1, -0.05) is 37.3 Å². The van der Waals surface area contributed by atoms with E-state index < -0.39 is 0 Å². The van der Waals surface area contributed by atoms with Crippen LogP contribution in [0.25, 0.3) is 0 Å². The molecule has 0 saturated carbocycles. The molecular formula is C21H28N4. The van der Waals surface area contributed by atoms with E-state index in [0.717, 1.165) is 25.5 Å². The SMILES string of the molecule is CCN1CC(c2ccccc2)CC2(CCN(c3cnccn3)CC2)C1. The van der Waals surface area contributed by atoms with Crippen LogP contribution in [0.5, 0.6) is 0 Å². The first-order valence-electron chi connectivity index (χ1n) is 9.56. The predicted octanol–water partition coefficient (Wildman–Crippen LogP) is 3.57. The first-order valence-corrected chi connectivity index (χ1v) is 9.56. The lowest BCUT2D eigenvalue weighted by molar-refractivity contribution is 0.0543. The van der Waals surface area contributed by atoms with Gasteiger partial charge in [0.2, 0.25) is 0 Å². The maximum Gasteiger partial charge on any atom is 0.147 e. The van der Waals surface area contributed by atoms with Crippen LogP contribution in [0.4, 0.5) is 5.82 Å². The minimum atomic E-state index is 0.452. The molecule has 0 N–H and O–H groups in total. The van der Waals surface area contributed by atoms with Gasteiger partial charge in [0.25, 0.3) is 0 Å². The van der Waals surface area contributed by atoms with Crippen molar-refractivity contribution in [3.63, 3.8) is 0 Å². The van der Waals surface area contributed by atoms with Gasteiger partial charge in [-0.15, -0.1) is 0 Å². The minimum Gasteiger partial charge on any atom is -0.355 e. The molecule has 25 heavy (non-hydrogen) atoms. The van der Waals surface area contributed by atoms with Gasteiger partial charge in [-0.05, 0) is 42.7 Å². The Morgan fingerprint density at radius 2 is 1.92 bits per heavy atom. The van der Waals surface area contributed by atoms with Gasteiger partial charge in [0.15, 0.2) is 0 Å². The van der Waals surface area contributed by atoms with Crippen LogP contribution < -0.4 is 4.90 Å². The lowest BCUT2D eigenvalue weighted by Gasteiger charge is -2.50. The van der Waals surface area contributed by atoms with E-state index >= 15 is 0 Å². The third-order valence-corrected chi connectivity index (χ3v) is 6.13. The number of rotatable bonds is 3. The van der Waals surface area contributed by atoms with Crippen molar-refractivity contribution in [3.8, 4) is 0 Å². The Labute approximate surface area is 150 Å². The van der Waals surface area contributed by atoms with Crippen molar-refractivity contribution in [1.82, 2.24) is 14.9 Å². The highest BCUT2D eigenvalue weighted by atomic mass is 15.2. The average Bonchev–Trinajstić information content (AvgIpc) is 2.69. The molecule has 132 valence electrons. The molecule has 0 radical (unpaired) electrons. The molecule has 0 bridgehead atoms. The predicted molar refractivity (Wildman–Crippen MR) is 102 cm³/mol. The first kappa shape index (κ1) is 16.5. The molecule has 1 atom stereocenters. The van der Waals surface area contributed by atoms with E-state index in [2.05, 4.69) is 57.0 Å². The van der Waals surface area contributed by atoms with Crippen LogP contribution >= 0.6 is 0 Å². The Kier molecular flexibility index (Phi) is 4.71. The summed E-state index contributed by atoms with van der Waals surface area (Å²) in [5, 5.41) is 0. The quantitative estimate of drug-likeness (QED) is 0.858. The van der Waals surface area contributed by atoms with Crippen molar-refractivity contribution < 1.29 is 0 Å². The zero-order valence-electron chi connectivity index (χ0n) is 15.1. The Morgan fingerprint density at radius 1 is 1.12 bits per heavy atom. The van der Waals surface area contributed by atoms with Crippen molar-refractivity contribution in [1.29, 1.82) is 0 Å². The fourth-order valence-corrected chi connectivity index (χ4v) is 4.72. The van der Waals surface area contributed by atoms with Gasteiger partial charge in [-0.3, -0.25) is 4.98 Å². The van der Waals surface area contributed by atoms with Crippen LogP contribution in [0.1, 0.15) is 37.7 Å². The molecule has 2 aliphatic heterocycles. The molecule has 0 aliphatic carbocycles. The van der Waals surface area contributed by atoms with Gasteiger partial charge in [0.1, 0.15) is 5.82 Å². The number of benzene rings is 1. The Balaban J connectivity index is 1.49. The number of aromatic nitrogens is 2. The highest BCUT2D eigenvalue weighted by molar-refractivity contribution is 5.36. The highest BCUT2D eigenvalue weighted by Gasteiger charge is 2.42. The van der Waals surface area contributed by atoms with Gasteiger partial charge in [-0.2, -0.15) is 0 Å². The largest absolute Gasteiger partial charge is 0.355 e. The summed E-state index contributed by atoms with van der Waals surface area (Å²) in [4.78, 5) is 13.8. The van der Waals surface area contributed by atoms with E-state index in [1.807, 2.05) is 6.20 Å². The Morgan fingerprint density at radius 3 is 2.60 bits per heavy atom. The summed E-state index contributed by atoms with van der Waals surface area (Å²) in [5.41, 5.74) is 1.96. The molecule has 2 saturated heterocycles. The van der Waals surface area contributed by atoms with Crippen molar-refractivity contribution in [3.05, 3.63) is 54.5 Å². The standard InChI is InChI=1S/C21H28N4/c1-2-24-16-19(18-6-4-3-5-7-18)14-21(17-24)8-12-25(13-9-21)20-15-22-10-11-23-20/h3-7,10-11,15,19H,2,8-9,12-14,16-17H2,1H3. The van der Waals surface area contributed by atoms with E-state index in [1.54, 1.807) is 12.4 Å². The topological polar surface area (TPSA) is 32.3 Å². The number of nitrogens with zero attached hydrogens (tertiary/aromatic N) is 4. The molecule has 4 heteroatoms. The molecule has 2 aromatic rings. The molecule has 1 aromatic carbocycles. The number of hydrogen-bond donors (Lipinski definition) is 0. The number of likely N-dealkylation sites (tertiary alicyclic amines) is 1. The number of piperidine rings is 2. The normalized spacial score (nSPS) is 23.7. The highest BCUT2D eigenvalue weighted by Crippen LogP contribution is 2.45. The molecule has 4 rings (SSSR count). The maximum atomic E-state index is 4.48. The second kappa shape index (κ2) is 7.12. The van der Waals surface area contributed by atoms with E-state index in [-0.39, 0.29) is 0 Å². The lowest BCUT2D eigenvalue weighted by Crippen LogP contribution is -2.51. The third-order valence-electron chi connectivity index (χ3n) is 6.13. The van der Waals surface area contributed by atoms with E-state index in [0.29, 0.717) is 11.3 Å². The third kappa shape index (κ3) is 3.54. The van der Waals surface area contributed by atoms with Crippen LogP contribution in [0.2, 0.25) is 0 Å². The number of anilines is 1. The van der Waals surface area contributed by atoms with Crippen molar-refractivity contribution in [2.45, 2.75) is 32.1 Å². The van der Waals surface area contributed by atoms with Crippen LogP contribution in [-0.2, 0) is 0 Å². The van der Waals surface area contributed by atoms with Crippen LogP contribution in [0.3, 0.4) is 0 Å². The van der Waals surface area contributed by atoms with Gasteiger partial charge in [-0.25, -0.2) is 4.98 Å². The van der Waals surface area contributed by atoms with Gasteiger partial charge >= 0.3 is 0 Å². The lowest BCUT2D eigenvalue weighted by atomic mass is 9.68. The van der Waals surface area contributed by atoms with E-state index in [4.69, 9.17) is 0 Å². The van der Waals surface area contributed by atoms with Gasteiger partial charge in [0.05, 0.1) is 6.20 Å². The Bertz CT molecular complexity index is 665. The molecule has 0 amide bonds. The number of hydrogen-bond acceptors (Lipinski definition) is 4. The minimum absolute atomic E-state index is 0.452. The molecular weight excluding hydrogens is 308 g/mol. The second-order valence-electron chi connectivity index (χ2n) is 7.69. The average molecular weight is 336 g/mol. The molecule has 4 nitrogen and oxygen atoms in total. The van der Waals surface area contributed by atoms with Crippen LogP contribution in [-0.4, -0.2) is 47.6 Å². The maximum absolute atomic E-state index is 4.48. The molecule has 3 heterocycles. The van der Waals surface area contributed by atoms with Crippen molar-refractivity contribution >= 4 is 5.82 Å². The summed E-state index contributed by atoms with van der Waals surface area (Å²) in [6.45, 7) is 8.10. The summed E-state index contributed by atoms with van der Waals surface area (Å²) in [5.74, 6) is 1.69. The summed E-state index contributed by atoms with van der Waals surface area (Å²) < 4.78 is 0. The Hall–Kier alpha value is -1.94. The van der Waals surface area contributed by atoms with Crippen molar-refractivity contribution in [2.24, 2.45) is 5.41 Å². The van der Waals surface area contributed by atoms with E-state index in [9.17, 15) is 0 Å². The van der Waals surface area contributed by atoms with Crippen molar-refractivity contribution in [2.75, 3.05) is 37.6 Å². The second-order valence-corrected chi connectivity index (χ2v) is 7.69. The molecule has 1 spiro atoms.